The Morgan fingerprint density at radius 1 is 0.868 bits per heavy atom. The summed E-state index contributed by atoms with van der Waals surface area (Å²) >= 11 is 0. The van der Waals surface area contributed by atoms with Gasteiger partial charge in [-0.05, 0) is 49.2 Å². The van der Waals surface area contributed by atoms with Crippen LogP contribution in [0.5, 0.6) is 5.75 Å². The molecule has 9 heteroatoms. The van der Waals surface area contributed by atoms with Gasteiger partial charge in [-0.3, -0.25) is 13.9 Å². The third-order valence-electron chi connectivity index (χ3n) is 5.94. The van der Waals surface area contributed by atoms with Crippen LogP contribution in [0.1, 0.15) is 25.0 Å². The molecule has 3 aromatic carbocycles. The molecule has 0 unspecified atom stereocenters. The van der Waals surface area contributed by atoms with Crippen molar-refractivity contribution in [2.45, 2.75) is 38.9 Å². The van der Waals surface area contributed by atoms with E-state index in [9.17, 15) is 18.0 Å². The van der Waals surface area contributed by atoms with Gasteiger partial charge in [-0.1, -0.05) is 60.7 Å². The van der Waals surface area contributed by atoms with Crippen LogP contribution >= 0.6 is 0 Å². The summed E-state index contributed by atoms with van der Waals surface area (Å²) in [7, 11) is -2.30. The van der Waals surface area contributed by atoms with Crippen LogP contribution < -0.4 is 14.4 Å². The Bertz CT molecular complexity index is 1300. The number of amides is 2. The zero-order valence-electron chi connectivity index (χ0n) is 22.2. The molecule has 0 aliphatic rings. The average molecular weight is 538 g/mol. The number of sulfonamides is 1. The van der Waals surface area contributed by atoms with E-state index in [4.69, 9.17) is 4.74 Å². The molecular formula is C29H35N3O5S. The molecule has 0 fully saturated rings. The van der Waals surface area contributed by atoms with E-state index in [1.54, 1.807) is 24.3 Å². The molecule has 0 bridgehead atoms. The number of benzene rings is 3. The van der Waals surface area contributed by atoms with Crippen molar-refractivity contribution in [1.82, 2.24) is 10.2 Å². The number of hydrogen-bond acceptors (Lipinski definition) is 5. The summed E-state index contributed by atoms with van der Waals surface area (Å²) in [6.07, 6.45) is 1.33. The summed E-state index contributed by atoms with van der Waals surface area (Å²) in [4.78, 5) is 28.9. The Balaban J connectivity index is 2.02. The summed E-state index contributed by atoms with van der Waals surface area (Å²) in [5, 5.41) is 2.93. The van der Waals surface area contributed by atoms with Crippen LogP contribution in [0.4, 0.5) is 5.69 Å². The van der Waals surface area contributed by atoms with Gasteiger partial charge in [0.1, 0.15) is 18.3 Å². The van der Waals surface area contributed by atoms with Crippen LogP contribution in [0, 0.1) is 0 Å². The van der Waals surface area contributed by atoms with E-state index in [-0.39, 0.29) is 24.9 Å². The molecule has 38 heavy (non-hydrogen) atoms. The van der Waals surface area contributed by atoms with Gasteiger partial charge >= 0.3 is 0 Å². The van der Waals surface area contributed by atoms with E-state index >= 15 is 0 Å². The molecule has 0 aliphatic heterocycles. The topological polar surface area (TPSA) is 96.0 Å². The van der Waals surface area contributed by atoms with Gasteiger partial charge in [-0.25, -0.2) is 8.42 Å². The molecule has 2 amide bonds. The standard InChI is InChI=1S/C29H35N3O5S/c1-22(2)30-29(34)27(19-23-11-7-5-8-12-23)31(20-24-13-9-6-10-14-24)28(33)21-32(38(4,35)36)25-15-17-26(37-3)18-16-25/h5-18,22,27H,19-21H2,1-4H3,(H,30,34)/t27-/m0/s1. The van der Waals surface area contributed by atoms with E-state index < -0.39 is 28.5 Å². The molecule has 0 radical (unpaired) electrons. The highest BCUT2D eigenvalue weighted by atomic mass is 32.2. The van der Waals surface area contributed by atoms with Crippen molar-refractivity contribution in [3.63, 3.8) is 0 Å². The van der Waals surface area contributed by atoms with Crippen LogP contribution in [-0.2, 0) is 32.6 Å². The SMILES string of the molecule is COc1ccc(N(CC(=O)N(Cc2ccccc2)[C@@H](Cc2ccccc2)C(=O)NC(C)C)S(C)(=O)=O)cc1. The van der Waals surface area contributed by atoms with Gasteiger partial charge in [0.2, 0.25) is 21.8 Å². The highest BCUT2D eigenvalue weighted by Gasteiger charge is 2.33. The molecule has 1 atom stereocenters. The smallest absolute Gasteiger partial charge is 0.244 e. The molecule has 0 heterocycles. The summed E-state index contributed by atoms with van der Waals surface area (Å²) < 4.78 is 31.8. The lowest BCUT2D eigenvalue weighted by Gasteiger charge is -2.34. The van der Waals surface area contributed by atoms with Gasteiger partial charge in [0.15, 0.2) is 0 Å². The Morgan fingerprint density at radius 2 is 1.42 bits per heavy atom. The van der Waals surface area contributed by atoms with Crippen LogP contribution in [0.3, 0.4) is 0 Å². The van der Waals surface area contributed by atoms with Gasteiger partial charge in [-0.2, -0.15) is 0 Å². The second kappa shape index (κ2) is 13.1. The van der Waals surface area contributed by atoms with E-state index in [2.05, 4.69) is 5.32 Å². The first-order valence-electron chi connectivity index (χ1n) is 12.4. The van der Waals surface area contributed by atoms with E-state index in [0.29, 0.717) is 11.4 Å². The highest BCUT2D eigenvalue weighted by molar-refractivity contribution is 7.92. The molecule has 0 saturated heterocycles. The zero-order valence-corrected chi connectivity index (χ0v) is 23.0. The molecular weight excluding hydrogens is 502 g/mol. The Labute approximate surface area is 225 Å². The lowest BCUT2D eigenvalue weighted by atomic mass is 10.0. The van der Waals surface area contributed by atoms with E-state index in [0.717, 1.165) is 21.7 Å². The second-order valence-electron chi connectivity index (χ2n) is 9.34. The van der Waals surface area contributed by atoms with Crippen molar-refractivity contribution in [1.29, 1.82) is 0 Å². The number of methoxy groups -OCH3 is 1. The summed E-state index contributed by atoms with van der Waals surface area (Å²) in [5.41, 5.74) is 2.04. The normalized spacial score (nSPS) is 12.0. The van der Waals surface area contributed by atoms with Crippen LogP contribution in [-0.4, -0.2) is 57.1 Å². The van der Waals surface area contributed by atoms with E-state index in [1.807, 2.05) is 74.5 Å². The molecule has 8 nitrogen and oxygen atoms in total. The first kappa shape index (κ1) is 28.7. The lowest BCUT2D eigenvalue weighted by Crippen LogP contribution is -2.54. The zero-order chi connectivity index (χ0) is 27.7. The van der Waals surface area contributed by atoms with Gasteiger partial charge in [-0.15, -0.1) is 0 Å². The maximum Gasteiger partial charge on any atom is 0.244 e. The fraction of sp³-hybridized carbons (Fsp3) is 0.310. The number of nitrogens with one attached hydrogen (secondary N) is 1. The fourth-order valence-electron chi connectivity index (χ4n) is 4.08. The Kier molecular flexibility index (Phi) is 9.90. The van der Waals surface area contributed by atoms with Crippen LogP contribution in [0.25, 0.3) is 0 Å². The van der Waals surface area contributed by atoms with Gasteiger partial charge in [0.25, 0.3) is 0 Å². The predicted molar refractivity (Wildman–Crippen MR) is 149 cm³/mol. The number of carbonyl (C=O) groups excluding carboxylic acids is 2. The minimum absolute atomic E-state index is 0.138. The molecule has 0 spiro atoms. The maximum atomic E-state index is 13.9. The predicted octanol–water partition coefficient (Wildman–Crippen LogP) is 3.63. The largest absolute Gasteiger partial charge is 0.497 e. The van der Waals surface area contributed by atoms with Crippen molar-refractivity contribution in [3.05, 3.63) is 96.1 Å². The highest BCUT2D eigenvalue weighted by Crippen LogP contribution is 2.23. The van der Waals surface area contributed by atoms with E-state index in [1.165, 1.54) is 12.0 Å². The third kappa shape index (κ3) is 8.08. The number of carbonyl (C=O) groups is 2. The Hall–Kier alpha value is -3.85. The van der Waals surface area contributed by atoms with Crippen molar-refractivity contribution in [3.8, 4) is 5.75 Å². The van der Waals surface area contributed by atoms with Crippen molar-refractivity contribution >= 4 is 27.5 Å². The number of nitrogens with zero attached hydrogens (tertiary/aromatic N) is 2. The van der Waals surface area contributed by atoms with Crippen molar-refractivity contribution in [2.75, 3.05) is 24.2 Å². The average Bonchev–Trinajstić information content (AvgIpc) is 2.89. The van der Waals surface area contributed by atoms with Crippen molar-refractivity contribution in [2.24, 2.45) is 0 Å². The van der Waals surface area contributed by atoms with Crippen LogP contribution in [0.15, 0.2) is 84.9 Å². The maximum absolute atomic E-state index is 13.9. The molecule has 0 saturated carbocycles. The minimum Gasteiger partial charge on any atom is -0.497 e. The molecule has 1 N–H and O–H groups in total. The third-order valence-corrected chi connectivity index (χ3v) is 7.08. The first-order chi connectivity index (χ1) is 18.1. The molecule has 0 aliphatic carbocycles. The summed E-state index contributed by atoms with van der Waals surface area (Å²) in [6, 6.07) is 24.2. The second-order valence-corrected chi connectivity index (χ2v) is 11.3. The monoisotopic (exact) mass is 537 g/mol. The molecule has 3 aromatic rings. The molecule has 202 valence electrons. The molecule has 0 aromatic heterocycles. The number of hydrogen-bond donors (Lipinski definition) is 1. The van der Waals surface area contributed by atoms with Gasteiger partial charge in [0.05, 0.1) is 19.1 Å². The lowest BCUT2D eigenvalue weighted by molar-refractivity contribution is -0.140. The first-order valence-corrected chi connectivity index (χ1v) is 14.2. The summed E-state index contributed by atoms with van der Waals surface area (Å²) in [5.74, 6) is -0.231. The molecule has 3 rings (SSSR count). The minimum atomic E-state index is -3.82. The number of rotatable bonds is 12. The number of ether oxygens (including phenoxy) is 1. The number of anilines is 1. The summed E-state index contributed by atoms with van der Waals surface area (Å²) in [6.45, 7) is 3.40. The van der Waals surface area contributed by atoms with Gasteiger partial charge in [0, 0.05) is 19.0 Å². The van der Waals surface area contributed by atoms with Gasteiger partial charge < -0.3 is 15.0 Å². The Morgan fingerprint density at radius 3 is 1.92 bits per heavy atom. The quantitative estimate of drug-likeness (QED) is 0.381. The van der Waals surface area contributed by atoms with Crippen LogP contribution in [0.2, 0.25) is 0 Å². The van der Waals surface area contributed by atoms with Crippen molar-refractivity contribution < 1.29 is 22.7 Å². The fourth-order valence-corrected chi connectivity index (χ4v) is 4.93.